The van der Waals surface area contributed by atoms with Crippen LogP contribution in [0.5, 0.6) is 0 Å². The van der Waals surface area contributed by atoms with E-state index in [0.29, 0.717) is 24.6 Å². The summed E-state index contributed by atoms with van der Waals surface area (Å²) in [5, 5.41) is 14.1. The number of aromatic nitrogens is 2. The number of aryl methyl sites for hydroxylation is 1. The number of carbonyl (C=O) groups excluding carboxylic acids is 1. The fraction of sp³-hybridized carbons (Fsp3) is 0.389. The highest BCUT2D eigenvalue weighted by Gasteiger charge is 2.07. The summed E-state index contributed by atoms with van der Waals surface area (Å²) in [6, 6.07) is 11.8. The number of benzene rings is 1. The van der Waals surface area contributed by atoms with Gasteiger partial charge in [-0.15, -0.1) is 10.2 Å². The van der Waals surface area contributed by atoms with E-state index in [1.807, 2.05) is 6.07 Å². The van der Waals surface area contributed by atoms with E-state index in [2.05, 4.69) is 52.9 Å². The first kappa shape index (κ1) is 16.9. The van der Waals surface area contributed by atoms with Gasteiger partial charge in [-0.1, -0.05) is 49.6 Å². The van der Waals surface area contributed by atoms with Gasteiger partial charge in [-0.2, -0.15) is 0 Å². The second-order valence-corrected chi connectivity index (χ2v) is 5.61. The molecule has 1 aromatic carbocycles. The van der Waals surface area contributed by atoms with E-state index >= 15 is 0 Å². The zero-order valence-electron chi connectivity index (χ0n) is 13.8. The van der Waals surface area contributed by atoms with Crippen molar-refractivity contribution >= 4 is 11.7 Å². The molecule has 1 amide bonds. The summed E-state index contributed by atoms with van der Waals surface area (Å²) in [6.45, 7) is 5.56. The van der Waals surface area contributed by atoms with Crippen molar-refractivity contribution in [1.82, 2.24) is 15.5 Å². The molecule has 0 unspecified atom stereocenters. The number of rotatable bonds is 8. The minimum Gasteiger partial charge on any atom is -0.365 e. The van der Waals surface area contributed by atoms with Crippen LogP contribution in [0.2, 0.25) is 0 Å². The number of carbonyl (C=O) groups is 1. The predicted molar refractivity (Wildman–Crippen MR) is 92.4 cm³/mol. The van der Waals surface area contributed by atoms with E-state index in [4.69, 9.17) is 0 Å². The van der Waals surface area contributed by atoms with Gasteiger partial charge in [0.2, 0.25) is 0 Å². The molecule has 0 bridgehead atoms. The molecule has 1 heterocycles. The fourth-order valence-corrected chi connectivity index (χ4v) is 2.23. The van der Waals surface area contributed by atoms with E-state index in [-0.39, 0.29) is 5.91 Å². The van der Waals surface area contributed by atoms with Gasteiger partial charge in [0.05, 0.1) is 0 Å². The SMILES string of the molecule is CCCCCNC(=O)c1ccc(NCc2cccc(C)c2)nn1. The molecule has 0 aliphatic heterocycles. The van der Waals surface area contributed by atoms with Gasteiger partial charge in [0.1, 0.15) is 5.82 Å². The molecule has 0 saturated carbocycles. The monoisotopic (exact) mass is 312 g/mol. The first-order valence-corrected chi connectivity index (χ1v) is 8.10. The van der Waals surface area contributed by atoms with Gasteiger partial charge in [0, 0.05) is 13.1 Å². The minimum atomic E-state index is -0.168. The average Bonchev–Trinajstić information content (AvgIpc) is 2.57. The summed E-state index contributed by atoms with van der Waals surface area (Å²) in [6.07, 6.45) is 3.25. The van der Waals surface area contributed by atoms with Crippen molar-refractivity contribution in [3.05, 3.63) is 53.2 Å². The molecule has 2 rings (SSSR count). The van der Waals surface area contributed by atoms with Gasteiger partial charge in [-0.3, -0.25) is 4.79 Å². The van der Waals surface area contributed by atoms with Gasteiger partial charge in [0.25, 0.3) is 5.91 Å². The van der Waals surface area contributed by atoms with Crippen molar-refractivity contribution in [2.24, 2.45) is 0 Å². The van der Waals surface area contributed by atoms with Gasteiger partial charge in [0.15, 0.2) is 5.69 Å². The van der Waals surface area contributed by atoms with Gasteiger partial charge < -0.3 is 10.6 Å². The largest absolute Gasteiger partial charge is 0.365 e. The normalized spacial score (nSPS) is 10.3. The van der Waals surface area contributed by atoms with Crippen LogP contribution in [0.1, 0.15) is 47.8 Å². The Morgan fingerprint density at radius 2 is 2.00 bits per heavy atom. The molecule has 1 aromatic heterocycles. The third kappa shape index (κ3) is 5.70. The van der Waals surface area contributed by atoms with Crippen molar-refractivity contribution < 1.29 is 4.79 Å². The van der Waals surface area contributed by atoms with Crippen LogP contribution >= 0.6 is 0 Å². The maximum Gasteiger partial charge on any atom is 0.271 e. The standard InChI is InChI=1S/C18H24N4O/c1-3-4-5-11-19-18(23)16-9-10-17(22-21-16)20-13-15-8-6-7-14(2)12-15/h6-10,12H,3-5,11,13H2,1-2H3,(H,19,23)(H,20,22). The second kappa shape index (κ2) is 8.88. The third-order valence-electron chi connectivity index (χ3n) is 3.52. The molecule has 0 fully saturated rings. The summed E-state index contributed by atoms with van der Waals surface area (Å²) >= 11 is 0. The molecular weight excluding hydrogens is 288 g/mol. The quantitative estimate of drug-likeness (QED) is 0.734. The third-order valence-corrected chi connectivity index (χ3v) is 3.52. The average molecular weight is 312 g/mol. The van der Waals surface area contributed by atoms with Crippen molar-refractivity contribution in [1.29, 1.82) is 0 Å². The lowest BCUT2D eigenvalue weighted by molar-refractivity contribution is 0.0947. The molecule has 0 atom stereocenters. The number of hydrogen-bond acceptors (Lipinski definition) is 4. The van der Waals surface area contributed by atoms with E-state index in [9.17, 15) is 4.79 Å². The predicted octanol–water partition coefficient (Wildman–Crippen LogP) is 3.32. The van der Waals surface area contributed by atoms with Crippen molar-refractivity contribution in [3.63, 3.8) is 0 Å². The van der Waals surface area contributed by atoms with Crippen LogP contribution in [-0.4, -0.2) is 22.6 Å². The van der Waals surface area contributed by atoms with Crippen LogP contribution in [0.15, 0.2) is 36.4 Å². The zero-order valence-corrected chi connectivity index (χ0v) is 13.8. The van der Waals surface area contributed by atoms with Gasteiger partial charge >= 0.3 is 0 Å². The minimum absolute atomic E-state index is 0.168. The van der Waals surface area contributed by atoms with Crippen molar-refractivity contribution in [2.45, 2.75) is 39.7 Å². The first-order chi connectivity index (χ1) is 11.2. The lowest BCUT2D eigenvalue weighted by atomic mass is 10.1. The topological polar surface area (TPSA) is 66.9 Å². The molecule has 5 heteroatoms. The highest BCUT2D eigenvalue weighted by atomic mass is 16.1. The van der Waals surface area contributed by atoms with E-state index in [1.165, 1.54) is 11.1 Å². The van der Waals surface area contributed by atoms with Crippen LogP contribution in [0, 0.1) is 6.92 Å². The molecule has 0 aliphatic carbocycles. The first-order valence-electron chi connectivity index (χ1n) is 8.10. The molecular formula is C18H24N4O. The van der Waals surface area contributed by atoms with Gasteiger partial charge in [-0.25, -0.2) is 0 Å². The molecule has 0 radical (unpaired) electrons. The Hall–Kier alpha value is -2.43. The smallest absolute Gasteiger partial charge is 0.271 e. The zero-order chi connectivity index (χ0) is 16.5. The molecule has 23 heavy (non-hydrogen) atoms. The van der Waals surface area contributed by atoms with Crippen LogP contribution in [0.4, 0.5) is 5.82 Å². The van der Waals surface area contributed by atoms with E-state index < -0.39 is 0 Å². The Labute approximate surface area is 137 Å². The Morgan fingerprint density at radius 1 is 1.13 bits per heavy atom. The number of nitrogens with zero attached hydrogens (tertiary/aromatic N) is 2. The molecule has 5 nitrogen and oxygen atoms in total. The molecule has 122 valence electrons. The highest BCUT2D eigenvalue weighted by Crippen LogP contribution is 2.08. The van der Waals surface area contributed by atoms with Crippen LogP contribution in [0.25, 0.3) is 0 Å². The summed E-state index contributed by atoms with van der Waals surface area (Å²) < 4.78 is 0. The highest BCUT2D eigenvalue weighted by molar-refractivity contribution is 5.92. The van der Waals surface area contributed by atoms with Crippen LogP contribution in [0.3, 0.4) is 0 Å². The maximum absolute atomic E-state index is 11.9. The second-order valence-electron chi connectivity index (χ2n) is 5.61. The number of amides is 1. The number of anilines is 1. The summed E-state index contributed by atoms with van der Waals surface area (Å²) in [7, 11) is 0. The van der Waals surface area contributed by atoms with E-state index in [1.54, 1.807) is 12.1 Å². The molecule has 0 saturated heterocycles. The molecule has 0 spiro atoms. The molecule has 2 aromatic rings. The number of nitrogens with one attached hydrogen (secondary N) is 2. The van der Waals surface area contributed by atoms with Crippen molar-refractivity contribution in [2.75, 3.05) is 11.9 Å². The fourth-order valence-electron chi connectivity index (χ4n) is 2.23. The summed E-state index contributed by atoms with van der Waals surface area (Å²) in [5.74, 6) is 0.493. The molecule has 0 aliphatic rings. The lowest BCUT2D eigenvalue weighted by Crippen LogP contribution is -2.25. The van der Waals surface area contributed by atoms with Gasteiger partial charge in [-0.05, 0) is 31.0 Å². The Morgan fingerprint density at radius 3 is 2.70 bits per heavy atom. The number of unbranched alkanes of at least 4 members (excludes halogenated alkanes) is 2. The number of hydrogen-bond donors (Lipinski definition) is 2. The lowest BCUT2D eigenvalue weighted by Gasteiger charge is -2.07. The van der Waals surface area contributed by atoms with Crippen LogP contribution < -0.4 is 10.6 Å². The summed E-state index contributed by atoms with van der Waals surface area (Å²) in [4.78, 5) is 11.9. The summed E-state index contributed by atoms with van der Waals surface area (Å²) in [5.41, 5.74) is 2.76. The van der Waals surface area contributed by atoms with Crippen molar-refractivity contribution in [3.8, 4) is 0 Å². The Balaban J connectivity index is 1.83. The van der Waals surface area contributed by atoms with Crippen LogP contribution in [-0.2, 0) is 6.54 Å². The van der Waals surface area contributed by atoms with E-state index in [0.717, 1.165) is 19.3 Å². The molecule has 2 N–H and O–H groups in total. The Bertz CT molecular complexity index is 625. The Kier molecular flexibility index (Phi) is 6.54. The maximum atomic E-state index is 11.9.